The van der Waals surface area contributed by atoms with Gasteiger partial charge >= 0.3 is 0 Å². The Morgan fingerprint density at radius 2 is 2.10 bits per heavy atom. The maximum absolute atomic E-state index is 7.26. The third-order valence-electron chi connectivity index (χ3n) is 3.47. The van der Waals surface area contributed by atoms with Crippen LogP contribution in [0.15, 0.2) is 59.3 Å². The van der Waals surface area contributed by atoms with E-state index in [1.165, 1.54) is 0 Å². The van der Waals surface area contributed by atoms with Gasteiger partial charge in [0.05, 0.1) is 0 Å². The molecule has 3 heteroatoms. The SMILES string of the molecule is [2H]C([2H])([2H])NCCC(Oc1cccc2ccccc12)c1ccsc1. The minimum atomic E-state index is -2.13. The van der Waals surface area contributed by atoms with Gasteiger partial charge < -0.3 is 10.1 Å². The zero-order valence-electron chi connectivity index (χ0n) is 14.6. The van der Waals surface area contributed by atoms with Gasteiger partial charge in [0, 0.05) is 21.5 Å². The van der Waals surface area contributed by atoms with Crippen LogP contribution in [0.25, 0.3) is 10.8 Å². The molecule has 3 rings (SSSR count). The van der Waals surface area contributed by atoms with E-state index in [2.05, 4.69) is 17.4 Å². The van der Waals surface area contributed by atoms with E-state index >= 15 is 0 Å². The number of thiophene rings is 1. The Hall–Kier alpha value is -1.84. The van der Waals surface area contributed by atoms with Gasteiger partial charge in [-0.3, -0.25) is 0 Å². The monoisotopic (exact) mass is 300 g/mol. The van der Waals surface area contributed by atoms with E-state index in [0.717, 1.165) is 22.1 Å². The molecule has 21 heavy (non-hydrogen) atoms. The second kappa shape index (κ2) is 6.74. The van der Waals surface area contributed by atoms with Crippen molar-refractivity contribution in [2.45, 2.75) is 12.5 Å². The molecule has 1 atom stereocenters. The summed E-state index contributed by atoms with van der Waals surface area (Å²) >= 11 is 1.61. The van der Waals surface area contributed by atoms with Crippen molar-refractivity contribution < 1.29 is 8.85 Å². The molecule has 0 radical (unpaired) electrons. The quantitative estimate of drug-likeness (QED) is 0.716. The second-order valence-electron chi connectivity index (χ2n) is 4.86. The summed E-state index contributed by atoms with van der Waals surface area (Å²) in [5.41, 5.74) is 1.07. The lowest BCUT2D eigenvalue weighted by molar-refractivity contribution is 0.198. The first-order valence-electron chi connectivity index (χ1n) is 8.44. The van der Waals surface area contributed by atoms with Gasteiger partial charge in [0.25, 0.3) is 0 Å². The van der Waals surface area contributed by atoms with Gasteiger partial charge in [-0.25, -0.2) is 0 Å². The topological polar surface area (TPSA) is 21.3 Å². The molecular formula is C18H19NOS. The fourth-order valence-electron chi connectivity index (χ4n) is 2.41. The van der Waals surface area contributed by atoms with Crippen LogP contribution in [0, 0.1) is 0 Å². The van der Waals surface area contributed by atoms with Gasteiger partial charge in [-0.2, -0.15) is 11.3 Å². The van der Waals surface area contributed by atoms with Crippen LogP contribution in [0.3, 0.4) is 0 Å². The van der Waals surface area contributed by atoms with Crippen molar-refractivity contribution in [1.82, 2.24) is 5.32 Å². The highest BCUT2D eigenvalue weighted by atomic mass is 32.1. The summed E-state index contributed by atoms with van der Waals surface area (Å²) in [7, 11) is 0. The second-order valence-corrected chi connectivity index (χ2v) is 5.64. The minimum absolute atomic E-state index is 0.183. The predicted molar refractivity (Wildman–Crippen MR) is 90.2 cm³/mol. The van der Waals surface area contributed by atoms with Crippen molar-refractivity contribution in [3.05, 3.63) is 64.9 Å². The highest BCUT2D eigenvalue weighted by Crippen LogP contribution is 2.31. The molecule has 0 aliphatic carbocycles. The average molecular weight is 300 g/mol. The van der Waals surface area contributed by atoms with E-state index < -0.39 is 6.98 Å². The van der Waals surface area contributed by atoms with Gasteiger partial charge in [0.15, 0.2) is 0 Å². The predicted octanol–water partition coefficient (Wildman–Crippen LogP) is 4.63. The lowest BCUT2D eigenvalue weighted by atomic mass is 10.1. The zero-order chi connectivity index (χ0) is 17.0. The molecule has 0 aliphatic rings. The van der Waals surface area contributed by atoms with Crippen molar-refractivity contribution in [3.63, 3.8) is 0 Å². The van der Waals surface area contributed by atoms with Gasteiger partial charge in [-0.1, -0.05) is 36.4 Å². The molecule has 0 amide bonds. The highest BCUT2D eigenvalue weighted by molar-refractivity contribution is 7.07. The van der Waals surface area contributed by atoms with Crippen LogP contribution in [0.2, 0.25) is 0 Å². The van der Waals surface area contributed by atoms with Crippen LogP contribution < -0.4 is 10.1 Å². The van der Waals surface area contributed by atoms with Crippen LogP contribution >= 0.6 is 11.3 Å². The van der Waals surface area contributed by atoms with E-state index in [9.17, 15) is 0 Å². The molecule has 0 bridgehead atoms. The number of rotatable bonds is 6. The fraction of sp³-hybridized carbons (Fsp3) is 0.222. The van der Waals surface area contributed by atoms with Crippen molar-refractivity contribution in [1.29, 1.82) is 0 Å². The third kappa shape index (κ3) is 3.26. The van der Waals surface area contributed by atoms with E-state index in [1.807, 2.05) is 47.2 Å². The standard InChI is InChI=1S/C18H19NOS/c1-19-11-9-17(15-10-12-21-13-15)20-18-8-4-6-14-5-2-3-7-16(14)18/h2-8,10,12-13,17,19H,9,11H2,1H3/i1D3. The number of benzene rings is 2. The van der Waals surface area contributed by atoms with Crippen molar-refractivity contribution in [2.24, 2.45) is 0 Å². The van der Waals surface area contributed by atoms with Crippen molar-refractivity contribution in [2.75, 3.05) is 13.5 Å². The van der Waals surface area contributed by atoms with Crippen molar-refractivity contribution in [3.8, 4) is 5.75 Å². The summed E-state index contributed by atoms with van der Waals surface area (Å²) in [4.78, 5) is 0. The number of fused-ring (bicyclic) bond motifs is 1. The van der Waals surface area contributed by atoms with Gasteiger partial charge in [-0.15, -0.1) is 0 Å². The molecule has 0 spiro atoms. The first-order valence-corrected chi connectivity index (χ1v) is 7.89. The summed E-state index contributed by atoms with van der Waals surface area (Å²) < 4.78 is 28.1. The summed E-state index contributed by atoms with van der Waals surface area (Å²) in [6.07, 6.45) is 0.398. The Balaban J connectivity index is 1.81. The van der Waals surface area contributed by atoms with Crippen LogP contribution in [-0.4, -0.2) is 13.5 Å². The van der Waals surface area contributed by atoms with E-state index in [4.69, 9.17) is 8.85 Å². The molecule has 1 N–H and O–H groups in total. The summed E-state index contributed by atoms with van der Waals surface area (Å²) in [5.74, 6) is 0.818. The molecule has 1 unspecified atom stereocenters. The van der Waals surface area contributed by atoms with E-state index in [0.29, 0.717) is 13.0 Å². The van der Waals surface area contributed by atoms with Gasteiger partial charge in [-0.05, 0) is 41.8 Å². The molecule has 108 valence electrons. The number of hydrogen-bond acceptors (Lipinski definition) is 3. The third-order valence-corrected chi connectivity index (χ3v) is 4.17. The molecule has 0 saturated heterocycles. The van der Waals surface area contributed by atoms with E-state index in [1.54, 1.807) is 11.3 Å². The Kier molecular flexibility index (Phi) is 3.48. The lowest BCUT2D eigenvalue weighted by Gasteiger charge is -2.19. The number of nitrogens with one attached hydrogen (secondary N) is 1. The molecule has 0 saturated carbocycles. The van der Waals surface area contributed by atoms with Gasteiger partial charge in [0.2, 0.25) is 0 Å². The summed E-state index contributed by atoms with van der Waals surface area (Å²) in [5, 5.41) is 8.80. The van der Waals surface area contributed by atoms with Gasteiger partial charge in [0.1, 0.15) is 11.9 Å². The minimum Gasteiger partial charge on any atom is -0.485 e. The smallest absolute Gasteiger partial charge is 0.128 e. The maximum Gasteiger partial charge on any atom is 0.128 e. The Labute approximate surface area is 133 Å². The number of ether oxygens (including phenoxy) is 1. The molecular weight excluding hydrogens is 278 g/mol. The summed E-state index contributed by atoms with van der Waals surface area (Å²) in [6.45, 7) is -1.76. The first kappa shape index (κ1) is 10.8. The normalized spacial score (nSPS) is 15.1. The Morgan fingerprint density at radius 3 is 2.95 bits per heavy atom. The van der Waals surface area contributed by atoms with Crippen LogP contribution in [0.4, 0.5) is 0 Å². The van der Waals surface area contributed by atoms with E-state index in [-0.39, 0.29) is 6.10 Å². The molecule has 2 nitrogen and oxygen atoms in total. The highest BCUT2D eigenvalue weighted by Gasteiger charge is 2.14. The van der Waals surface area contributed by atoms with Crippen LogP contribution in [0.5, 0.6) is 5.75 Å². The summed E-state index contributed by atoms with van der Waals surface area (Å²) in [6, 6.07) is 16.1. The molecule has 0 aliphatic heterocycles. The lowest BCUT2D eigenvalue weighted by Crippen LogP contribution is -2.16. The van der Waals surface area contributed by atoms with Crippen LogP contribution in [0.1, 0.15) is 22.2 Å². The Morgan fingerprint density at radius 1 is 1.19 bits per heavy atom. The van der Waals surface area contributed by atoms with Crippen LogP contribution in [-0.2, 0) is 0 Å². The molecule has 1 heterocycles. The average Bonchev–Trinajstić information content (AvgIpc) is 3.07. The molecule has 1 aromatic heterocycles. The first-order chi connectivity index (χ1) is 11.5. The molecule has 3 aromatic rings. The fourth-order valence-corrected chi connectivity index (χ4v) is 3.11. The zero-order valence-corrected chi connectivity index (χ0v) is 12.4. The molecule has 2 aromatic carbocycles. The Bertz CT molecular complexity index is 781. The van der Waals surface area contributed by atoms with Crippen molar-refractivity contribution >= 4 is 22.1 Å². The number of hydrogen-bond donors (Lipinski definition) is 1. The molecule has 0 fully saturated rings. The maximum atomic E-state index is 7.26. The largest absolute Gasteiger partial charge is 0.485 e.